The molecule has 11 heteroatoms. The van der Waals surface area contributed by atoms with Crippen LogP contribution in [0.5, 0.6) is 0 Å². The maximum absolute atomic E-state index is 14.0. The van der Waals surface area contributed by atoms with Crippen molar-refractivity contribution in [1.29, 1.82) is 0 Å². The molecule has 0 aliphatic carbocycles. The molecule has 0 radical (unpaired) electrons. The first-order valence-corrected chi connectivity index (χ1v) is 12.2. The average molecular weight is 548 g/mol. The van der Waals surface area contributed by atoms with Crippen molar-refractivity contribution < 1.29 is 22.4 Å². The van der Waals surface area contributed by atoms with E-state index in [0.29, 0.717) is 23.6 Å². The average Bonchev–Trinajstić information content (AvgIpc) is 3.36. The summed E-state index contributed by atoms with van der Waals surface area (Å²) >= 11 is 1.48. The van der Waals surface area contributed by atoms with Gasteiger partial charge >= 0.3 is 12.2 Å². The van der Waals surface area contributed by atoms with Crippen LogP contribution in [-0.4, -0.2) is 16.0 Å². The minimum atomic E-state index is -4.69. The van der Waals surface area contributed by atoms with Gasteiger partial charge in [-0.2, -0.15) is 13.2 Å². The second-order valence-electron chi connectivity index (χ2n) is 8.25. The second-order valence-corrected chi connectivity index (χ2v) is 9.13. The standard InChI is InChI=1S/C28H17F4N5OS/c29-22-13-19(28(30,31)32)5-8-23(22)37-27(38)36-20-6-3-17(4-7-20)21-15-39-25-18(14-35-26(33)24(21)25)2-1-16-9-11-34-12-10-16/h3-15H,(H2,33,35)(H2,36,37,38). The maximum atomic E-state index is 14.0. The molecule has 6 nitrogen and oxygen atoms in total. The lowest BCUT2D eigenvalue weighted by Crippen LogP contribution is -2.20. The number of nitrogens with zero attached hydrogens (tertiary/aromatic N) is 2. The second kappa shape index (κ2) is 10.4. The zero-order valence-electron chi connectivity index (χ0n) is 19.8. The molecule has 0 spiro atoms. The Kier molecular flexibility index (Phi) is 6.87. The molecule has 2 aromatic carbocycles. The van der Waals surface area contributed by atoms with Gasteiger partial charge in [0.05, 0.1) is 21.5 Å². The van der Waals surface area contributed by atoms with Crippen LogP contribution in [0.25, 0.3) is 21.2 Å². The van der Waals surface area contributed by atoms with Crippen LogP contribution in [0, 0.1) is 17.7 Å². The number of nitrogens with one attached hydrogen (secondary N) is 2. The maximum Gasteiger partial charge on any atom is 0.416 e. The van der Waals surface area contributed by atoms with Gasteiger partial charge in [-0.05, 0) is 53.4 Å². The number of hydrogen-bond donors (Lipinski definition) is 3. The van der Waals surface area contributed by atoms with Gasteiger partial charge in [0.2, 0.25) is 0 Å². The number of fused-ring (bicyclic) bond motifs is 1. The van der Waals surface area contributed by atoms with Crippen LogP contribution in [0.3, 0.4) is 0 Å². The summed E-state index contributed by atoms with van der Waals surface area (Å²) in [4.78, 5) is 20.6. The van der Waals surface area contributed by atoms with Gasteiger partial charge in [-0.15, -0.1) is 11.3 Å². The van der Waals surface area contributed by atoms with E-state index in [2.05, 4.69) is 32.4 Å². The Morgan fingerprint density at radius 3 is 2.41 bits per heavy atom. The molecule has 194 valence electrons. The molecule has 0 aliphatic rings. The smallest absolute Gasteiger partial charge is 0.383 e. The minimum Gasteiger partial charge on any atom is -0.383 e. The number of carbonyl (C=O) groups excluding carboxylic acids is 1. The van der Waals surface area contributed by atoms with E-state index in [-0.39, 0.29) is 5.69 Å². The lowest BCUT2D eigenvalue weighted by atomic mass is 10.0. The first-order chi connectivity index (χ1) is 18.7. The summed E-state index contributed by atoms with van der Waals surface area (Å²) in [6.45, 7) is 0. The molecule has 5 rings (SSSR count). The highest BCUT2D eigenvalue weighted by atomic mass is 32.1. The molecule has 0 unspecified atom stereocenters. The number of nitrogen functional groups attached to an aromatic ring is 1. The zero-order chi connectivity index (χ0) is 27.6. The van der Waals surface area contributed by atoms with Crippen LogP contribution in [0.2, 0.25) is 0 Å². The van der Waals surface area contributed by atoms with Gasteiger partial charge < -0.3 is 16.4 Å². The van der Waals surface area contributed by atoms with E-state index in [1.807, 2.05) is 17.5 Å². The number of anilines is 3. The summed E-state index contributed by atoms with van der Waals surface area (Å²) in [6.07, 6.45) is 0.280. The first-order valence-electron chi connectivity index (χ1n) is 11.3. The highest BCUT2D eigenvalue weighted by Crippen LogP contribution is 2.38. The lowest BCUT2D eigenvalue weighted by Gasteiger charge is -2.11. The topological polar surface area (TPSA) is 92.9 Å². The molecule has 3 aromatic heterocycles. The van der Waals surface area contributed by atoms with Crippen molar-refractivity contribution >= 4 is 44.6 Å². The van der Waals surface area contributed by atoms with Crippen molar-refractivity contribution in [3.05, 3.63) is 101 Å². The summed E-state index contributed by atoms with van der Waals surface area (Å²) in [5.41, 5.74) is 8.28. The van der Waals surface area contributed by atoms with Crippen LogP contribution in [-0.2, 0) is 6.18 Å². The van der Waals surface area contributed by atoms with E-state index in [0.717, 1.165) is 38.4 Å². The van der Waals surface area contributed by atoms with Gasteiger partial charge in [-0.3, -0.25) is 4.98 Å². The van der Waals surface area contributed by atoms with Crippen LogP contribution >= 0.6 is 11.3 Å². The van der Waals surface area contributed by atoms with Gasteiger partial charge in [0.25, 0.3) is 0 Å². The van der Waals surface area contributed by atoms with E-state index < -0.39 is 23.6 Å². The fourth-order valence-corrected chi connectivity index (χ4v) is 4.81. The molecule has 39 heavy (non-hydrogen) atoms. The van der Waals surface area contributed by atoms with Crippen LogP contribution < -0.4 is 16.4 Å². The molecule has 0 bridgehead atoms. The number of halogens is 4. The number of amides is 2. The Bertz CT molecular complexity index is 1740. The minimum absolute atomic E-state index is 0.326. The van der Waals surface area contributed by atoms with Crippen molar-refractivity contribution in [3.8, 4) is 23.0 Å². The fraction of sp³-hybridized carbons (Fsp3) is 0.0357. The third kappa shape index (κ3) is 5.66. The third-order valence-corrected chi connectivity index (χ3v) is 6.66. The number of alkyl halides is 3. The van der Waals surface area contributed by atoms with Gasteiger partial charge in [0.15, 0.2) is 0 Å². The van der Waals surface area contributed by atoms with Crippen molar-refractivity contribution in [2.75, 3.05) is 16.4 Å². The molecule has 0 saturated heterocycles. The van der Waals surface area contributed by atoms with Gasteiger partial charge in [0, 0.05) is 40.8 Å². The van der Waals surface area contributed by atoms with Gasteiger partial charge in [-0.1, -0.05) is 24.0 Å². The quantitative estimate of drug-likeness (QED) is 0.165. The number of aromatic nitrogens is 2. The number of hydrogen-bond acceptors (Lipinski definition) is 5. The molecule has 2 amide bonds. The van der Waals surface area contributed by atoms with E-state index >= 15 is 0 Å². The van der Waals surface area contributed by atoms with Gasteiger partial charge in [-0.25, -0.2) is 14.2 Å². The van der Waals surface area contributed by atoms with Crippen LogP contribution in [0.1, 0.15) is 16.7 Å². The Morgan fingerprint density at radius 2 is 1.72 bits per heavy atom. The van der Waals surface area contributed by atoms with Crippen molar-refractivity contribution in [1.82, 2.24) is 9.97 Å². The van der Waals surface area contributed by atoms with E-state index in [9.17, 15) is 22.4 Å². The highest BCUT2D eigenvalue weighted by Gasteiger charge is 2.31. The molecule has 4 N–H and O–H groups in total. The zero-order valence-corrected chi connectivity index (χ0v) is 20.6. The monoisotopic (exact) mass is 547 g/mol. The number of thiophene rings is 1. The summed E-state index contributed by atoms with van der Waals surface area (Å²) in [5.74, 6) is 5.39. The Hall–Kier alpha value is -4.95. The molecule has 3 heterocycles. The van der Waals surface area contributed by atoms with Crippen molar-refractivity contribution in [3.63, 3.8) is 0 Å². The SMILES string of the molecule is Nc1ncc(C#Cc2ccncc2)c2scc(-c3ccc(NC(=O)Nc4ccc(C(F)(F)F)cc4F)cc3)c12. The number of rotatable bonds is 3. The molecular weight excluding hydrogens is 530 g/mol. The Balaban J connectivity index is 1.33. The summed E-state index contributed by atoms with van der Waals surface area (Å²) in [6, 6.07) is 11.5. The first kappa shape index (κ1) is 25.7. The van der Waals surface area contributed by atoms with Gasteiger partial charge in [0.1, 0.15) is 11.6 Å². The third-order valence-electron chi connectivity index (χ3n) is 5.64. The molecule has 0 saturated carbocycles. The molecule has 0 fully saturated rings. The molecule has 0 aliphatic heterocycles. The van der Waals surface area contributed by atoms with E-state index in [1.54, 1.807) is 42.9 Å². The Morgan fingerprint density at radius 1 is 0.974 bits per heavy atom. The number of nitrogens with two attached hydrogens (primary N) is 1. The summed E-state index contributed by atoms with van der Waals surface area (Å²) in [5, 5.41) is 7.45. The summed E-state index contributed by atoms with van der Waals surface area (Å²) in [7, 11) is 0. The predicted molar refractivity (Wildman–Crippen MR) is 144 cm³/mol. The highest BCUT2D eigenvalue weighted by molar-refractivity contribution is 7.18. The number of urea groups is 1. The van der Waals surface area contributed by atoms with Crippen molar-refractivity contribution in [2.24, 2.45) is 0 Å². The van der Waals surface area contributed by atoms with E-state index in [4.69, 9.17) is 5.73 Å². The number of pyridine rings is 2. The van der Waals surface area contributed by atoms with Crippen molar-refractivity contribution in [2.45, 2.75) is 6.18 Å². The van der Waals surface area contributed by atoms with Crippen LogP contribution in [0.4, 0.5) is 39.5 Å². The number of benzene rings is 2. The number of carbonyl (C=O) groups is 1. The largest absolute Gasteiger partial charge is 0.416 e. The molecular formula is C28H17F4N5OS. The van der Waals surface area contributed by atoms with E-state index in [1.165, 1.54) is 11.3 Å². The summed E-state index contributed by atoms with van der Waals surface area (Å²) < 4.78 is 53.1. The van der Waals surface area contributed by atoms with Crippen LogP contribution in [0.15, 0.2) is 78.6 Å². The normalized spacial score (nSPS) is 11.1. The lowest BCUT2D eigenvalue weighted by molar-refractivity contribution is -0.137. The fourth-order valence-electron chi connectivity index (χ4n) is 3.75. The predicted octanol–water partition coefficient (Wildman–Crippen LogP) is 7.14. The Labute approximate surface area is 223 Å². The molecule has 5 aromatic rings. The molecule has 0 atom stereocenters.